The molecule has 0 aliphatic rings. The van der Waals surface area contributed by atoms with Gasteiger partial charge >= 0.3 is 0 Å². The molecule has 5 aromatic rings. The number of nitrogens with zero attached hydrogens (tertiary/aromatic N) is 6. The fraction of sp³-hybridized carbons (Fsp3) is 0.0769. The number of fused-ring (bicyclic) bond motifs is 1. The molecule has 3 aromatic heterocycles. The monoisotopic (exact) mass is 514 g/mol. The van der Waals surface area contributed by atoms with Crippen LogP contribution in [-0.2, 0) is 6.42 Å². The van der Waals surface area contributed by atoms with Crippen molar-refractivity contribution in [1.29, 1.82) is 0 Å². The molecule has 3 heterocycles. The maximum absolute atomic E-state index is 14.5. The Morgan fingerprint density at radius 3 is 2.58 bits per heavy atom. The van der Waals surface area contributed by atoms with E-state index in [1.54, 1.807) is 0 Å². The molecule has 38 heavy (non-hydrogen) atoms. The zero-order valence-electron chi connectivity index (χ0n) is 19.5. The highest BCUT2D eigenvalue weighted by molar-refractivity contribution is 5.78. The van der Waals surface area contributed by atoms with Crippen LogP contribution >= 0.6 is 0 Å². The molecule has 0 atom stereocenters. The minimum Gasteiger partial charge on any atom is -0.382 e. The van der Waals surface area contributed by atoms with Gasteiger partial charge in [0.2, 0.25) is 0 Å². The van der Waals surface area contributed by atoms with Crippen molar-refractivity contribution in [3.8, 4) is 17.5 Å². The molecule has 12 heteroatoms. The molecule has 3 N–H and O–H groups in total. The summed E-state index contributed by atoms with van der Waals surface area (Å²) < 4.78 is 43.6. The first-order valence-corrected chi connectivity index (χ1v) is 11.2. The third-order valence-corrected chi connectivity index (χ3v) is 5.42. The highest BCUT2D eigenvalue weighted by Gasteiger charge is 2.17. The van der Waals surface area contributed by atoms with Gasteiger partial charge < -0.3 is 11.1 Å². The summed E-state index contributed by atoms with van der Waals surface area (Å²) in [6.45, 7) is 0.125. The van der Waals surface area contributed by atoms with Crippen LogP contribution in [0.25, 0.3) is 16.6 Å². The second kappa shape index (κ2) is 10.4. The van der Waals surface area contributed by atoms with Crippen molar-refractivity contribution in [2.45, 2.75) is 6.42 Å². The molecular weight excluding hydrogens is 497 g/mol. The van der Waals surface area contributed by atoms with Gasteiger partial charge in [-0.05, 0) is 30.2 Å². The van der Waals surface area contributed by atoms with Crippen LogP contribution in [0.5, 0.6) is 0 Å². The number of benzene rings is 2. The highest BCUT2D eigenvalue weighted by Crippen LogP contribution is 2.19. The molecule has 5 rings (SSSR count). The summed E-state index contributed by atoms with van der Waals surface area (Å²) >= 11 is 0. The second-order valence-corrected chi connectivity index (χ2v) is 7.93. The lowest BCUT2D eigenvalue weighted by molar-refractivity contribution is 0.580. The van der Waals surface area contributed by atoms with Crippen LogP contribution in [0.15, 0.2) is 66.1 Å². The Balaban J connectivity index is 1.51. The topological polar surface area (TPSA) is 124 Å². The van der Waals surface area contributed by atoms with Crippen molar-refractivity contribution in [2.24, 2.45) is 0 Å². The third kappa shape index (κ3) is 4.98. The van der Waals surface area contributed by atoms with E-state index in [4.69, 9.17) is 5.73 Å². The quantitative estimate of drug-likeness (QED) is 0.343. The van der Waals surface area contributed by atoms with Gasteiger partial charge in [0.1, 0.15) is 58.0 Å². The van der Waals surface area contributed by atoms with E-state index in [2.05, 4.69) is 42.1 Å². The fourth-order valence-corrected chi connectivity index (χ4v) is 3.76. The first kappa shape index (κ1) is 24.4. The molecule has 9 nitrogen and oxygen atoms in total. The van der Waals surface area contributed by atoms with E-state index < -0.39 is 23.0 Å². The molecule has 0 bridgehead atoms. The molecular formula is C26H17F3N8O. The van der Waals surface area contributed by atoms with Gasteiger partial charge in [0.05, 0.1) is 17.3 Å². The maximum atomic E-state index is 14.5. The van der Waals surface area contributed by atoms with E-state index in [-0.39, 0.29) is 41.2 Å². The number of nitrogens with one attached hydrogen (secondary N) is 1. The first-order chi connectivity index (χ1) is 18.4. The summed E-state index contributed by atoms with van der Waals surface area (Å²) in [5.41, 5.74) is 5.81. The average molecular weight is 514 g/mol. The predicted octanol–water partition coefficient (Wildman–Crippen LogP) is 3.02. The van der Waals surface area contributed by atoms with Crippen LogP contribution in [0, 0.1) is 29.3 Å². The standard InChI is InChI=1S/C26H17F3N8O/c27-15-10-16(28)12-18(11-15)37-22(36-23-19(26(37)38)2-1-3-21(23)29)6-7-33-25-20(24(30)34-14-35-25)5-4-17-13-31-8-9-32-17/h1-3,8-14H,6-7H2,(H3,30,33,34,35). The van der Waals surface area contributed by atoms with E-state index >= 15 is 0 Å². The smallest absolute Gasteiger partial charge is 0.266 e. The number of nitrogen functional groups attached to an aromatic ring is 1. The van der Waals surface area contributed by atoms with Gasteiger partial charge in [-0.1, -0.05) is 12.0 Å². The lowest BCUT2D eigenvalue weighted by atomic mass is 10.2. The molecule has 0 unspecified atom stereocenters. The van der Waals surface area contributed by atoms with E-state index in [1.165, 1.54) is 43.1 Å². The van der Waals surface area contributed by atoms with Crippen molar-refractivity contribution in [3.05, 3.63) is 106 Å². The van der Waals surface area contributed by atoms with Crippen molar-refractivity contribution < 1.29 is 13.2 Å². The summed E-state index contributed by atoms with van der Waals surface area (Å²) in [6, 6.07) is 6.62. The number of anilines is 2. The molecule has 0 fully saturated rings. The summed E-state index contributed by atoms with van der Waals surface area (Å²) in [5, 5.41) is 3.02. The SMILES string of the molecule is Nc1ncnc(NCCc2nc3c(F)cccc3c(=O)n2-c2cc(F)cc(F)c2)c1C#Cc1cnccn1. The number of nitrogens with two attached hydrogens (primary N) is 1. The van der Waals surface area contributed by atoms with E-state index in [0.717, 1.165) is 16.7 Å². The maximum Gasteiger partial charge on any atom is 0.266 e. The molecule has 2 aromatic carbocycles. The Morgan fingerprint density at radius 1 is 1.00 bits per heavy atom. The van der Waals surface area contributed by atoms with Gasteiger partial charge in [-0.15, -0.1) is 0 Å². The lowest BCUT2D eigenvalue weighted by Gasteiger charge is -2.15. The Bertz CT molecular complexity index is 1760. The van der Waals surface area contributed by atoms with Crippen molar-refractivity contribution in [2.75, 3.05) is 17.6 Å². The Morgan fingerprint density at radius 2 is 1.82 bits per heavy atom. The molecule has 188 valence electrons. The van der Waals surface area contributed by atoms with E-state index in [0.29, 0.717) is 23.1 Å². The van der Waals surface area contributed by atoms with Crippen LogP contribution in [0.1, 0.15) is 17.1 Å². The largest absolute Gasteiger partial charge is 0.382 e. The summed E-state index contributed by atoms with van der Waals surface area (Å²) in [5.74, 6) is 3.74. The van der Waals surface area contributed by atoms with Gasteiger partial charge in [0.25, 0.3) is 5.56 Å². The van der Waals surface area contributed by atoms with Gasteiger partial charge in [0, 0.05) is 31.4 Å². The number of rotatable bonds is 5. The number of hydrogen-bond acceptors (Lipinski definition) is 8. The van der Waals surface area contributed by atoms with Crippen molar-refractivity contribution in [1.82, 2.24) is 29.5 Å². The summed E-state index contributed by atoms with van der Waals surface area (Å²) in [4.78, 5) is 33.8. The van der Waals surface area contributed by atoms with E-state index in [1.807, 2.05) is 0 Å². The highest BCUT2D eigenvalue weighted by atomic mass is 19.1. The second-order valence-electron chi connectivity index (χ2n) is 7.93. The third-order valence-electron chi connectivity index (χ3n) is 5.42. The summed E-state index contributed by atoms with van der Waals surface area (Å²) in [6.07, 6.45) is 5.79. The fourth-order valence-electron chi connectivity index (χ4n) is 3.76. The molecule has 0 amide bonds. The zero-order chi connectivity index (χ0) is 26.6. The normalized spacial score (nSPS) is 10.7. The molecule has 0 spiro atoms. The minimum atomic E-state index is -0.877. The van der Waals surface area contributed by atoms with Gasteiger partial charge in [-0.25, -0.2) is 33.1 Å². The van der Waals surface area contributed by atoms with Crippen LogP contribution in [0.4, 0.5) is 24.8 Å². The van der Waals surface area contributed by atoms with Crippen LogP contribution < -0.4 is 16.6 Å². The van der Waals surface area contributed by atoms with Crippen LogP contribution in [0.3, 0.4) is 0 Å². The molecule has 0 radical (unpaired) electrons. The lowest BCUT2D eigenvalue weighted by Crippen LogP contribution is -2.26. The predicted molar refractivity (Wildman–Crippen MR) is 134 cm³/mol. The molecule has 0 saturated heterocycles. The summed E-state index contributed by atoms with van der Waals surface area (Å²) in [7, 11) is 0. The van der Waals surface area contributed by atoms with E-state index in [9.17, 15) is 18.0 Å². The van der Waals surface area contributed by atoms with Crippen molar-refractivity contribution >= 4 is 22.5 Å². The first-order valence-electron chi connectivity index (χ1n) is 11.2. The van der Waals surface area contributed by atoms with Crippen LogP contribution in [0.2, 0.25) is 0 Å². The number of hydrogen-bond donors (Lipinski definition) is 2. The van der Waals surface area contributed by atoms with Gasteiger partial charge in [-0.3, -0.25) is 14.3 Å². The van der Waals surface area contributed by atoms with Gasteiger partial charge in [0.15, 0.2) is 0 Å². The molecule has 0 aliphatic heterocycles. The number of para-hydroxylation sites is 1. The van der Waals surface area contributed by atoms with Crippen molar-refractivity contribution in [3.63, 3.8) is 0 Å². The Hall–Kier alpha value is -5.31. The van der Waals surface area contributed by atoms with Gasteiger partial charge in [-0.2, -0.15) is 0 Å². The Labute approximate surface area is 213 Å². The minimum absolute atomic E-state index is 0.0310. The average Bonchev–Trinajstić information content (AvgIpc) is 2.89. The molecule has 0 saturated carbocycles. The Kier molecular flexibility index (Phi) is 6.65. The molecule has 0 aliphatic carbocycles. The zero-order valence-corrected chi connectivity index (χ0v) is 19.5. The van der Waals surface area contributed by atoms with Crippen LogP contribution in [-0.4, -0.2) is 36.0 Å². The number of aromatic nitrogens is 6. The number of halogens is 3.